The predicted molar refractivity (Wildman–Crippen MR) is 88.9 cm³/mol. The van der Waals surface area contributed by atoms with E-state index >= 15 is 0 Å². The smallest absolute Gasteiger partial charge is 0.243 e. The molecule has 0 spiro atoms. The molecule has 0 amide bonds. The standard InChI is InChI=1S/C15H23NO5S2/c1-3-21-13-5-7-15(8-6-13)23(19,20)16-11-9-14(10-12-16)22(17,18)4-2/h5-8,14H,3-4,9-12H2,1-2H3. The lowest BCUT2D eigenvalue weighted by Crippen LogP contribution is -2.42. The van der Waals surface area contributed by atoms with Gasteiger partial charge in [-0.1, -0.05) is 6.92 Å². The highest BCUT2D eigenvalue weighted by Crippen LogP contribution is 2.25. The van der Waals surface area contributed by atoms with Gasteiger partial charge in [0.15, 0.2) is 9.84 Å². The van der Waals surface area contributed by atoms with Crippen LogP contribution in [0.2, 0.25) is 0 Å². The van der Waals surface area contributed by atoms with Gasteiger partial charge >= 0.3 is 0 Å². The number of rotatable bonds is 6. The lowest BCUT2D eigenvalue weighted by molar-refractivity contribution is 0.339. The molecule has 1 aliphatic rings. The molecule has 1 fully saturated rings. The summed E-state index contributed by atoms with van der Waals surface area (Å²) < 4.78 is 55.7. The zero-order valence-electron chi connectivity index (χ0n) is 13.4. The predicted octanol–water partition coefficient (Wildman–Crippen LogP) is 1.67. The summed E-state index contributed by atoms with van der Waals surface area (Å²) in [5.41, 5.74) is 0. The number of sulfonamides is 1. The molecule has 6 nitrogen and oxygen atoms in total. The Kier molecular flexibility index (Phi) is 5.70. The molecule has 0 unspecified atom stereocenters. The fourth-order valence-electron chi connectivity index (χ4n) is 2.69. The molecule has 0 saturated carbocycles. The van der Waals surface area contributed by atoms with Gasteiger partial charge in [0.05, 0.1) is 16.8 Å². The van der Waals surface area contributed by atoms with Gasteiger partial charge in [0.25, 0.3) is 0 Å². The lowest BCUT2D eigenvalue weighted by Gasteiger charge is -2.30. The molecule has 2 rings (SSSR count). The average Bonchev–Trinajstić information content (AvgIpc) is 2.56. The van der Waals surface area contributed by atoms with E-state index in [9.17, 15) is 16.8 Å². The minimum atomic E-state index is -3.59. The number of piperidine rings is 1. The van der Waals surface area contributed by atoms with Gasteiger partial charge in [-0.05, 0) is 44.0 Å². The van der Waals surface area contributed by atoms with E-state index in [1.54, 1.807) is 19.1 Å². The zero-order valence-corrected chi connectivity index (χ0v) is 15.1. The van der Waals surface area contributed by atoms with Crippen LogP contribution in [-0.4, -0.2) is 51.8 Å². The zero-order chi connectivity index (χ0) is 17.1. The minimum Gasteiger partial charge on any atom is -0.494 e. The molecule has 0 radical (unpaired) electrons. The molecule has 1 aliphatic heterocycles. The quantitative estimate of drug-likeness (QED) is 0.770. The molecule has 1 aromatic carbocycles. The first-order valence-corrected chi connectivity index (χ1v) is 10.9. The van der Waals surface area contributed by atoms with Gasteiger partial charge in [0.1, 0.15) is 5.75 Å². The first-order chi connectivity index (χ1) is 10.8. The fraction of sp³-hybridized carbons (Fsp3) is 0.600. The SMILES string of the molecule is CCOc1ccc(S(=O)(=O)N2CCC(S(=O)(=O)CC)CC2)cc1. The van der Waals surface area contributed by atoms with Crippen LogP contribution in [0.3, 0.4) is 0 Å². The number of ether oxygens (including phenoxy) is 1. The van der Waals surface area contributed by atoms with Crippen LogP contribution in [0, 0.1) is 0 Å². The van der Waals surface area contributed by atoms with Gasteiger partial charge < -0.3 is 4.74 Å². The normalized spacial score (nSPS) is 18.0. The maximum atomic E-state index is 12.6. The summed E-state index contributed by atoms with van der Waals surface area (Å²) in [6, 6.07) is 6.31. The molecule has 1 saturated heterocycles. The number of hydrogen-bond donors (Lipinski definition) is 0. The van der Waals surface area contributed by atoms with E-state index in [0.717, 1.165) is 0 Å². The van der Waals surface area contributed by atoms with Crippen molar-refractivity contribution in [3.05, 3.63) is 24.3 Å². The van der Waals surface area contributed by atoms with Crippen molar-refractivity contribution in [2.75, 3.05) is 25.4 Å². The summed E-state index contributed by atoms with van der Waals surface area (Å²) in [4.78, 5) is 0.206. The summed E-state index contributed by atoms with van der Waals surface area (Å²) in [5.74, 6) is 0.725. The Hall–Kier alpha value is -1.12. The molecule has 8 heteroatoms. The van der Waals surface area contributed by atoms with E-state index in [4.69, 9.17) is 4.74 Å². The minimum absolute atomic E-state index is 0.101. The van der Waals surface area contributed by atoms with Crippen LogP contribution in [0.4, 0.5) is 0 Å². The third-order valence-corrected chi connectivity index (χ3v) is 8.29. The number of sulfone groups is 1. The highest BCUT2D eigenvalue weighted by molar-refractivity contribution is 7.92. The van der Waals surface area contributed by atoms with Gasteiger partial charge in [-0.15, -0.1) is 0 Å². The summed E-state index contributed by atoms with van der Waals surface area (Å²) in [5, 5.41) is -0.431. The lowest BCUT2D eigenvalue weighted by atomic mass is 10.2. The Morgan fingerprint density at radius 1 is 1.04 bits per heavy atom. The van der Waals surface area contributed by atoms with E-state index in [1.165, 1.54) is 16.4 Å². The van der Waals surface area contributed by atoms with Crippen molar-refractivity contribution < 1.29 is 21.6 Å². The van der Waals surface area contributed by atoms with Crippen LogP contribution >= 0.6 is 0 Å². The Morgan fingerprint density at radius 2 is 1.61 bits per heavy atom. The van der Waals surface area contributed by atoms with Crippen LogP contribution < -0.4 is 4.74 Å². The molecule has 1 aromatic rings. The van der Waals surface area contributed by atoms with E-state index < -0.39 is 25.1 Å². The van der Waals surface area contributed by atoms with Gasteiger partial charge in [0, 0.05) is 18.8 Å². The molecule has 23 heavy (non-hydrogen) atoms. The molecular formula is C15H23NO5S2. The molecule has 0 aromatic heterocycles. The molecule has 0 aliphatic carbocycles. The molecule has 0 bridgehead atoms. The van der Waals surface area contributed by atoms with Crippen molar-refractivity contribution in [3.8, 4) is 5.75 Å². The van der Waals surface area contributed by atoms with Gasteiger partial charge in [-0.25, -0.2) is 16.8 Å². The van der Waals surface area contributed by atoms with E-state index in [1.807, 2.05) is 6.92 Å². The van der Waals surface area contributed by atoms with Gasteiger partial charge in [0.2, 0.25) is 10.0 Å². The third kappa shape index (κ3) is 4.05. The number of hydrogen-bond acceptors (Lipinski definition) is 5. The van der Waals surface area contributed by atoms with Gasteiger partial charge in [-0.2, -0.15) is 4.31 Å². The second kappa shape index (κ2) is 7.19. The fourth-order valence-corrected chi connectivity index (χ4v) is 5.56. The van der Waals surface area contributed by atoms with Gasteiger partial charge in [-0.3, -0.25) is 0 Å². The Morgan fingerprint density at radius 3 is 2.09 bits per heavy atom. The Balaban J connectivity index is 2.10. The van der Waals surface area contributed by atoms with E-state index in [-0.39, 0.29) is 23.7 Å². The summed E-state index contributed by atoms with van der Waals surface area (Å²) in [6.07, 6.45) is 0.707. The van der Waals surface area contributed by atoms with Crippen LogP contribution in [0.5, 0.6) is 5.75 Å². The van der Waals surface area contributed by atoms with Crippen molar-refractivity contribution in [2.45, 2.75) is 36.8 Å². The molecule has 0 atom stereocenters. The third-order valence-electron chi connectivity index (χ3n) is 4.08. The monoisotopic (exact) mass is 361 g/mol. The molecule has 0 N–H and O–H groups in total. The Labute approximate surface area is 138 Å². The first kappa shape index (κ1) is 18.2. The second-order valence-electron chi connectivity index (χ2n) is 5.46. The summed E-state index contributed by atoms with van der Waals surface area (Å²) in [6.45, 7) is 4.47. The topological polar surface area (TPSA) is 80.8 Å². The van der Waals surface area contributed by atoms with Crippen molar-refractivity contribution in [1.82, 2.24) is 4.31 Å². The second-order valence-corrected chi connectivity index (χ2v) is 9.97. The molecule has 130 valence electrons. The number of nitrogens with zero attached hydrogens (tertiary/aromatic N) is 1. The molecule has 1 heterocycles. The molecular weight excluding hydrogens is 338 g/mol. The van der Waals surface area contributed by atoms with Crippen molar-refractivity contribution in [3.63, 3.8) is 0 Å². The van der Waals surface area contributed by atoms with E-state index in [2.05, 4.69) is 0 Å². The largest absolute Gasteiger partial charge is 0.494 e. The maximum absolute atomic E-state index is 12.6. The van der Waals surface area contributed by atoms with Crippen molar-refractivity contribution >= 4 is 19.9 Å². The van der Waals surface area contributed by atoms with Crippen LogP contribution in [-0.2, 0) is 19.9 Å². The highest BCUT2D eigenvalue weighted by Gasteiger charge is 2.34. The van der Waals surface area contributed by atoms with Crippen molar-refractivity contribution in [2.24, 2.45) is 0 Å². The maximum Gasteiger partial charge on any atom is 0.243 e. The highest BCUT2D eigenvalue weighted by atomic mass is 32.2. The van der Waals surface area contributed by atoms with Crippen LogP contribution in [0.1, 0.15) is 26.7 Å². The van der Waals surface area contributed by atoms with Crippen molar-refractivity contribution in [1.29, 1.82) is 0 Å². The van der Waals surface area contributed by atoms with Crippen LogP contribution in [0.15, 0.2) is 29.2 Å². The van der Waals surface area contributed by atoms with E-state index in [0.29, 0.717) is 25.2 Å². The first-order valence-electron chi connectivity index (χ1n) is 7.76. The summed E-state index contributed by atoms with van der Waals surface area (Å²) in [7, 11) is -6.69. The average molecular weight is 361 g/mol. The Bertz CT molecular complexity index is 718. The summed E-state index contributed by atoms with van der Waals surface area (Å²) >= 11 is 0. The number of benzene rings is 1. The van der Waals surface area contributed by atoms with Crippen LogP contribution in [0.25, 0.3) is 0 Å².